The van der Waals surface area contributed by atoms with Crippen LogP contribution in [0.15, 0.2) is 0 Å². The lowest BCUT2D eigenvalue weighted by Gasteiger charge is -2.50. The molecule has 0 aliphatic heterocycles. The van der Waals surface area contributed by atoms with Crippen LogP contribution in [0.5, 0.6) is 0 Å². The van der Waals surface area contributed by atoms with Gasteiger partial charge in [0.2, 0.25) is 0 Å². The predicted molar refractivity (Wildman–Crippen MR) is 96.8 cm³/mol. The number of alkyl halides is 18. The molecule has 2 unspecified atom stereocenters. The molecule has 0 fully saturated rings. The average molecular weight is 626 g/mol. The van der Waals surface area contributed by atoms with Crippen molar-refractivity contribution in [1.82, 2.24) is 0 Å². The highest BCUT2D eigenvalue weighted by atomic mass is 28.4. The maximum atomic E-state index is 14.9. The first-order valence-electron chi connectivity index (χ1n) is 9.60. The topological polar surface area (TPSA) is 9.23 Å². The lowest BCUT2D eigenvalue weighted by Crippen LogP contribution is -2.83. The third kappa shape index (κ3) is 4.85. The van der Waals surface area contributed by atoms with Gasteiger partial charge < -0.3 is 4.12 Å². The first kappa shape index (κ1) is 36.1. The van der Waals surface area contributed by atoms with Crippen LogP contribution in [-0.2, 0) is 4.12 Å². The maximum Gasteiger partial charge on any atom is 0.380 e. The predicted octanol–water partition coefficient (Wildman–Crippen LogP) is 8.29. The Hall–Kier alpha value is -0.866. The van der Waals surface area contributed by atoms with Gasteiger partial charge in [-0.2, -0.15) is 52.7 Å². The van der Waals surface area contributed by atoms with Crippen molar-refractivity contribution in [2.24, 2.45) is 0 Å². The van der Waals surface area contributed by atoms with Crippen LogP contribution >= 0.6 is 0 Å². The second kappa shape index (κ2) is 9.36. The van der Waals surface area contributed by atoms with Crippen LogP contribution in [0.3, 0.4) is 0 Å². The van der Waals surface area contributed by atoms with Crippen molar-refractivity contribution in [2.45, 2.75) is 99.0 Å². The Kier molecular flexibility index (Phi) is 9.14. The Balaban J connectivity index is 7.65. The molecule has 0 aliphatic carbocycles. The molecule has 224 valence electrons. The molecular weight excluding hydrogens is 606 g/mol. The Labute approximate surface area is 199 Å². The molecule has 0 aromatic carbocycles. The summed E-state index contributed by atoms with van der Waals surface area (Å²) in [5, 5.41) is 0. The smallest absolute Gasteiger partial charge is 0.380 e. The van der Waals surface area contributed by atoms with Crippen LogP contribution in [0.2, 0.25) is 26.2 Å². The van der Waals surface area contributed by atoms with Gasteiger partial charge in [-0.05, 0) is 40.0 Å². The quantitative estimate of drug-likeness (QED) is 0.157. The molecule has 0 aromatic heterocycles. The van der Waals surface area contributed by atoms with Crippen LogP contribution in [0.4, 0.5) is 79.0 Å². The second-order valence-corrected chi connectivity index (χ2v) is 17.5. The van der Waals surface area contributed by atoms with E-state index in [9.17, 15) is 79.0 Å². The Morgan fingerprint density at radius 1 is 0.459 bits per heavy atom. The van der Waals surface area contributed by atoms with Gasteiger partial charge in [-0.3, -0.25) is 0 Å². The van der Waals surface area contributed by atoms with Crippen molar-refractivity contribution in [2.75, 3.05) is 0 Å². The van der Waals surface area contributed by atoms with E-state index in [0.717, 1.165) is 0 Å². The van der Waals surface area contributed by atoms with Gasteiger partial charge in [0.15, 0.2) is 20.7 Å². The highest BCUT2D eigenvalue weighted by Crippen LogP contribution is 2.63. The van der Waals surface area contributed by atoms with Gasteiger partial charge >= 0.3 is 54.9 Å². The van der Waals surface area contributed by atoms with Crippen molar-refractivity contribution >= 4 is 16.6 Å². The highest BCUT2D eigenvalue weighted by molar-refractivity contribution is 6.87. The minimum atomic E-state index is -8.53. The lowest BCUT2D eigenvalue weighted by molar-refractivity contribution is -0.374. The fourth-order valence-electron chi connectivity index (χ4n) is 2.85. The number of halogens is 18. The fraction of sp³-hybridized carbons (Fsp3) is 1.00. The Bertz CT molecular complexity index is 761. The standard InChI is InChI=1S/C16H20F18OSi2/c1-7(17)9(19,20)11(23,24)13(27,28)15(31,32)37(6,35-36(3,4)5)16(33,34)14(29,30)12(25,26)10(21,22)8(2)18/h7-8H,1-6H3. The van der Waals surface area contributed by atoms with E-state index in [-0.39, 0.29) is 0 Å². The van der Waals surface area contributed by atoms with E-state index >= 15 is 0 Å². The summed E-state index contributed by atoms with van der Waals surface area (Å²) in [5.41, 5.74) is -15.2. The zero-order valence-electron chi connectivity index (χ0n) is 19.4. The van der Waals surface area contributed by atoms with Crippen LogP contribution in [0.25, 0.3) is 0 Å². The monoisotopic (exact) mass is 626 g/mol. The molecule has 37 heavy (non-hydrogen) atoms. The van der Waals surface area contributed by atoms with Crippen molar-refractivity contribution in [3.63, 3.8) is 0 Å². The van der Waals surface area contributed by atoms with E-state index in [2.05, 4.69) is 4.12 Å². The molecule has 0 heterocycles. The highest BCUT2D eigenvalue weighted by Gasteiger charge is 2.95. The maximum absolute atomic E-state index is 14.9. The summed E-state index contributed by atoms with van der Waals surface area (Å²) in [7, 11) is -13.0. The molecule has 21 heteroatoms. The molecular formula is C16H20F18OSi2. The largest absolute Gasteiger partial charge is 0.448 e. The van der Waals surface area contributed by atoms with Gasteiger partial charge in [-0.25, -0.2) is 26.3 Å². The molecule has 0 radical (unpaired) electrons. The van der Waals surface area contributed by atoms with Gasteiger partial charge in [0.05, 0.1) is 0 Å². The second-order valence-electron chi connectivity index (χ2n) is 9.17. The molecule has 1 nitrogen and oxygen atoms in total. The van der Waals surface area contributed by atoms with Crippen LogP contribution in [-0.4, -0.2) is 75.6 Å². The van der Waals surface area contributed by atoms with E-state index in [1.165, 1.54) is 0 Å². The molecule has 0 aliphatic rings. The molecule has 0 spiro atoms. The first-order chi connectivity index (χ1) is 15.6. The average Bonchev–Trinajstić information content (AvgIpc) is 2.64. The summed E-state index contributed by atoms with van der Waals surface area (Å²) < 4.78 is 256. The lowest BCUT2D eigenvalue weighted by atomic mass is 10.0. The summed E-state index contributed by atoms with van der Waals surface area (Å²) >= 11 is 0. The molecule has 0 aromatic rings. The first-order valence-corrected chi connectivity index (χ1v) is 15.4. The summed E-state index contributed by atoms with van der Waals surface area (Å²) in [6.45, 7) is -0.886. The van der Waals surface area contributed by atoms with Crippen LogP contribution in [0, 0.1) is 0 Å². The fourth-order valence-corrected chi connectivity index (χ4v) is 10.7. The van der Waals surface area contributed by atoms with E-state index in [4.69, 9.17) is 0 Å². The Morgan fingerprint density at radius 3 is 0.838 bits per heavy atom. The number of hydrogen-bond acceptors (Lipinski definition) is 1. The van der Waals surface area contributed by atoms with Crippen molar-refractivity contribution < 1.29 is 83.1 Å². The van der Waals surface area contributed by atoms with Crippen molar-refractivity contribution in [3.05, 3.63) is 0 Å². The normalized spacial score (nSPS) is 19.5. The molecule has 0 saturated carbocycles. The van der Waals surface area contributed by atoms with E-state index < -0.39 is 96.0 Å². The third-order valence-electron chi connectivity index (χ3n) is 5.12. The zero-order valence-corrected chi connectivity index (χ0v) is 21.4. The molecule has 0 bridgehead atoms. The number of rotatable bonds is 12. The molecule has 0 rings (SSSR count). The van der Waals surface area contributed by atoms with Gasteiger partial charge in [-0.15, -0.1) is 0 Å². The van der Waals surface area contributed by atoms with E-state index in [1.54, 1.807) is 0 Å². The molecule has 0 saturated heterocycles. The number of hydrogen-bond donors (Lipinski definition) is 0. The van der Waals surface area contributed by atoms with Crippen LogP contribution < -0.4 is 0 Å². The Morgan fingerprint density at radius 2 is 0.676 bits per heavy atom. The van der Waals surface area contributed by atoms with Crippen molar-refractivity contribution in [1.29, 1.82) is 0 Å². The van der Waals surface area contributed by atoms with Gasteiger partial charge in [0.25, 0.3) is 0 Å². The summed E-state index contributed by atoms with van der Waals surface area (Å²) in [4.78, 5) is 0. The van der Waals surface area contributed by atoms with E-state index in [0.29, 0.717) is 19.6 Å². The molecule has 2 atom stereocenters. The summed E-state index contributed by atoms with van der Waals surface area (Å²) in [5.74, 6) is -44.8. The summed E-state index contributed by atoms with van der Waals surface area (Å²) in [6.07, 6.45) is -8.79. The van der Waals surface area contributed by atoms with Gasteiger partial charge in [0, 0.05) is 0 Å². The van der Waals surface area contributed by atoms with Gasteiger partial charge in [-0.1, -0.05) is 0 Å². The third-order valence-corrected chi connectivity index (χ3v) is 12.2. The van der Waals surface area contributed by atoms with E-state index in [1.807, 2.05) is 0 Å². The molecule has 0 amide bonds. The minimum Gasteiger partial charge on any atom is -0.448 e. The zero-order chi connectivity index (χ0) is 30.9. The molecule has 0 N–H and O–H groups in total. The SMILES string of the molecule is CC(F)C(F)(F)C(F)(F)C(F)(F)C(F)(F)[Si](C)(O[Si](C)(C)C)C(F)(F)C(F)(F)C(F)(F)C(F)(F)C(C)F. The summed E-state index contributed by atoms with van der Waals surface area (Å²) in [6, 6.07) is 0. The van der Waals surface area contributed by atoms with Gasteiger partial charge in [0.1, 0.15) is 0 Å². The minimum absolute atomic E-state index is 0.466. The van der Waals surface area contributed by atoms with Crippen LogP contribution in [0.1, 0.15) is 13.8 Å². The van der Waals surface area contributed by atoms with Crippen molar-refractivity contribution in [3.8, 4) is 0 Å².